The van der Waals surface area contributed by atoms with Gasteiger partial charge in [-0.1, -0.05) is 38.6 Å². The first-order valence-corrected chi connectivity index (χ1v) is 5.37. The van der Waals surface area contributed by atoms with Gasteiger partial charge in [-0.25, -0.2) is 4.98 Å². The second-order valence-corrected chi connectivity index (χ2v) is 4.21. The molecule has 0 aliphatic heterocycles. The highest BCUT2D eigenvalue weighted by molar-refractivity contribution is 5.84. The van der Waals surface area contributed by atoms with Crippen molar-refractivity contribution in [3.05, 3.63) is 48.2 Å². The van der Waals surface area contributed by atoms with Crippen LogP contribution in [0.2, 0.25) is 0 Å². The van der Waals surface area contributed by atoms with Gasteiger partial charge in [-0.2, -0.15) is 0 Å². The molecule has 16 heavy (non-hydrogen) atoms. The van der Waals surface area contributed by atoms with Crippen LogP contribution < -0.4 is 0 Å². The van der Waals surface area contributed by atoms with Gasteiger partial charge in [0.25, 0.3) is 0 Å². The van der Waals surface area contributed by atoms with E-state index in [2.05, 4.69) is 31.5 Å². The molecule has 0 aliphatic carbocycles. The van der Waals surface area contributed by atoms with Gasteiger partial charge in [-0.3, -0.25) is 0 Å². The minimum Gasteiger partial charge on any atom is -0.506 e. The number of aliphatic hydroxyl groups is 1. The Bertz CT molecular complexity index is 543. The van der Waals surface area contributed by atoms with Gasteiger partial charge >= 0.3 is 0 Å². The maximum absolute atomic E-state index is 9.30. The monoisotopic (exact) mass is 213 g/mol. The Kier molecular flexibility index (Phi) is 2.65. The minimum absolute atomic E-state index is 0.0110. The molecule has 82 valence electrons. The molecule has 1 aromatic carbocycles. The highest BCUT2D eigenvalue weighted by Crippen LogP contribution is 2.25. The van der Waals surface area contributed by atoms with Crippen molar-refractivity contribution < 1.29 is 5.11 Å². The van der Waals surface area contributed by atoms with E-state index in [1.807, 2.05) is 18.2 Å². The standard InChI is InChI=1S/C14H15NO/c1-9(2)11-5-4-6-14-12(11)7-8-13(15-14)10(3)16/h4-9,16H,3H2,1-2H3. The van der Waals surface area contributed by atoms with Gasteiger partial charge in [0.1, 0.15) is 11.5 Å². The minimum atomic E-state index is 0.0110. The third-order valence-electron chi connectivity index (χ3n) is 2.68. The van der Waals surface area contributed by atoms with Crippen LogP contribution in [0.5, 0.6) is 0 Å². The number of nitrogens with zero attached hydrogens (tertiary/aromatic N) is 1. The number of benzene rings is 1. The molecule has 0 aliphatic rings. The molecule has 2 nitrogen and oxygen atoms in total. The summed E-state index contributed by atoms with van der Waals surface area (Å²) in [6.45, 7) is 7.80. The van der Waals surface area contributed by atoms with Crippen molar-refractivity contribution in [2.24, 2.45) is 0 Å². The van der Waals surface area contributed by atoms with E-state index in [1.165, 1.54) is 5.56 Å². The lowest BCUT2D eigenvalue weighted by atomic mass is 9.98. The Balaban J connectivity index is 2.68. The van der Waals surface area contributed by atoms with Crippen molar-refractivity contribution >= 4 is 16.7 Å². The first-order valence-electron chi connectivity index (χ1n) is 5.37. The van der Waals surface area contributed by atoms with Crippen LogP contribution in [-0.4, -0.2) is 10.1 Å². The van der Waals surface area contributed by atoms with Crippen LogP contribution in [0.15, 0.2) is 36.9 Å². The lowest BCUT2D eigenvalue weighted by Crippen LogP contribution is -1.93. The Hall–Kier alpha value is -1.83. The van der Waals surface area contributed by atoms with E-state index in [0.29, 0.717) is 11.6 Å². The average Bonchev–Trinajstić information content (AvgIpc) is 2.27. The van der Waals surface area contributed by atoms with E-state index in [1.54, 1.807) is 6.07 Å². The largest absolute Gasteiger partial charge is 0.506 e. The van der Waals surface area contributed by atoms with E-state index in [-0.39, 0.29) is 5.76 Å². The molecule has 2 aromatic rings. The summed E-state index contributed by atoms with van der Waals surface area (Å²) in [5.41, 5.74) is 2.72. The molecule has 2 rings (SSSR count). The van der Waals surface area contributed by atoms with Crippen LogP contribution in [-0.2, 0) is 0 Å². The van der Waals surface area contributed by atoms with Crippen molar-refractivity contribution in [3.63, 3.8) is 0 Å². The molecule has 1 heterocycles. The van der Waals surface area contributed by atoms with Crippen LogP contribution in [0.4, 0.5) is 0 Å². The summed E-state index contributed by atoms with van der Waals surface area (Å²) in [6.07, 6.45) is 0. The number of rotatable bonds is 2. The van der Waals surface area contributed by atoms with Crippen LogP contribution in [0, 0.1) is 0 Å². The van der Waals surface area contributed by atoms with E-state index >= 15 is 0 Å². The smallest absolute Gasteiger partial charge is 0.134 e. The zero-order chi connectivity index (χ0) is 11.7. The fourth-order valence-corrected chi connectivity index (χ4v) is 1.84. The fourth-order valence-electron chi connectivity index (χ4n) is 1.84. The van der Waals surface area contributed by atoms with Crippen molar-refractivity contribution in [1.29, 1.82) is 0 Å². The maximum Gasteiger partial charge on any atom is 0.134 e. The third kappa shape index (κ3) is 1.78. The molecule has 1 N–H and O–H groups in total. The summed E-state index contributed by atoms with van der Waals surface area (Å²) in [4.78, 5) is 4.37. The molecule has 0 saturated heterocycles. The molecule has 0 spiro atoms. The van der Waals surface area contributed by atoms with Crippen LogP contribution >= 0.6 is 0 Å². The first-order chi connectivity index (χ1) is 7.59. The number of fused-ring (bicyclic) bond motifs is 1. The van der Waals surface area contributed by atoms with Crippen molar-refractivity contribution in [1.82, 2.24) is 4.98 Å². The van der Waals surface area contributed by atoms with Crippen LogP contribution in [0.3, 0.4) is 0 Å². The molecule has 0 bridgehead atoms. The first kappa shape index (κ1) is 10.7. The lowest BCUT2D eigenvalue weighted by molar-refractivity contribution is 0.511. The quantitative estimate of drug-likeness (QED) is 0.768. The van der Waals surface area contributed by atoms with Gasteiger partial charge < -0.3 is 5.11 Å². The van der Waals surface area contributed by atoms with Gasteiger partial charge in [0.05, 0.1) is 5.52 Å². The summed E-state index contributed by atoms with van der Waals surface area (Å²) in [5.74, 6) is 0.477. The highest BCUT2D eigenvalue weighted by Gasteiger charge is 2.06. The zero-order valence-electron chi connectivity index (χ0n) is 9.57. The summed E-state index contributed by atoms with van der Waals surface area (Å²) in [7, 11) is 0. The summed E-state index contributed by atoms with van der Waals surface area (Å²) >= 11 is 0. The Labute approximate surface area is 95.3 Å². The Morgan fingerprint density at radius 3 is 2.62 bits per heavy atom. The van der Waals surface area contributed by atoms with Gasteiger partial charge in [-0.05, 0) is 23.6 Å². The van der Waals surface area contributed by atoms with Crippen LogP contribution in [0.25, 0.3) is 16.7 Å². The summed E-state index contributed by atoms with van der Waals surface area (Å²) in [5, 5.41) is 10.4. The number of pyridine rings is 1. The number of hydrogen-bond acceptors (Lipinski definition) is 2. The lowest BCUT2D eigenvalue weighted by Gasteiger charge is -2.09. The Morgan fingerprint density at radius 1 is 1.25 bits per heavy atom. The molecule has 0 saturated carbocycles. The van der Waals surface area contributed by atoms with Crippen molar-refractivity contribution in [3.8, 4) is 0 Å². The second-order valence-electron chi connectivity index (χ2n) is 4.21. The molecule has 1 aromatic heterocycles. The molecular weight excluding hydrogens is 198 g/mol. The number of aliphatic hydroxyl groups excluding tert-OH is 1. The van der Waals surface area contributed by atoms with Gasteiger partial charge in [0.15, 0.2) is 0 Å². The third-order valence-corrected chi connectivity index (χ3v) is 2.68. The van der Waals surface area contributed by atoms with E-state index in [4.69, 9.17) is 0 Å². The average molecular weight is 213 g/mol. The van der Waals surface area contributed by atoms with E-state index < -0.39 is 0 Å². The second kappa shape index (κ2) is 3.97. The van der Waals surface area contributed by atoms with Crippen molar-refractivity contribution in [2.45, 2.75) is 19.8 Å². The fraction of sp³-hybridized carbons (Fsp3) is 0.214. The molecule has 0 unspecified atom stereocenters. The topological polar surface area (TPSA) is 33.1 Å². The molecule has 0 atom stereocenters. The highest BCUT2D eigenvalue weighted by atomic mass is 16.3. The molecule has 0 amide bonds. The molecule has 0 radical (unpaired) electrons. The molecular formula is C14H15NO. The SMILES string of the molecule is C=C(O)c1ccc2c(C(C)C)cccc2n1. The summed E-state index contributed by atoms with van der Waals surface area (Å²) in [6, 6.07) is 9.86. The van der Waals surface area contributed by atoms with Gasteiger partial charge in [0, 0.05) is 5.39 Å². The number of aromatic nitrogens is 1. The van der Waals surface area contributed by atoms with Gasteiger partial charge in [-0.15, -0.1) is 0 Å². The van der Waals surface area contributed by atoms with Gasteiger partial charge in [0.2, 0.25) is 0 Å². The zero-order valence-corrected chi connectivity index (χ0v) is 9.57. The van der Waals surface area contributed by atoms with E-state index in [0.717, 1.165) is 10.9 Å². The maximum atomic E-state index is 9.30. The Morgan fingerprint density at radius 2 is 2.00 bits per heavy atom. The van der Waals surface area contributed by atoms with Crippen LogP contribution in [0.1, 0.15) is 31.0 Å². The molecule has 0 fully saturated rings. The predicted molar refractivity (Wildman–Crippen MR) is 67.5 cm³/mol. The normalized spacial score (nSPS) is 10.9. The number of hydrogen-bond donors (Lipinski definition) is 1. The predicted octanol–water partition coefficient (Wildman–Crippen LogP) is 3.89. The van der Waals surface area contributed by atoms with E-state index in [9.17, 15) is 5.11 Å². The van der Waals surface area contributed by atoms with Crippen molar-refractivity contribution in [2.75, 3.05) is 0 Å². The molecule has 2 heteroatoms. The summed E-state index contributed by atoms with van der Waals surface area (Å²) < 4.78 is 0.